The molecule has 2 aromatic carbocycles. The van der Waals surface area contributed by atoms with Crippen molar-refractivity contribution < 1.29 is 18.1 Å². The molecule has 0 saturated heterocycles. The molecule has 27 heavy (non-hydrogen) atoms. The fraction of sp³-hybridized carbons (Fsp3) is 0.188. The maximum absolute atomic E-state index is 12.7. The first-order valence-corrected chi connectivity index (χ1v) is 9.72. The predicted molar refractivity (Wildman–Crippen MR) is 102 cm³/mol. The number of halogens is 2. The molecule has 0 aromatic heterocycles. The van der Waals surface area contributed by atoms with Crippen LogP contribution in [0.1, 0.15) is 15.9 Å². The number of nitro groups is 1. The third-order valence-electron chi connectivity index (χ3n) is 3.74. The highest BCUT2D eigenvalue weighted by Crippen LogP contribution is 2.25. The van der Waals surface area contributed by atoms with Gasteiger partial charge in [0.2, 0.25) is 10.0 Å². The second-order valence-corrected chi connectivity index (χ2v) is 8.24. The van der Waals surface area contributed by atoms with Crippen molar-refractivity contribution in [2.24, 2.45) is 0 Å². The first-order valence-electron chi connectivity index (χ1n) is 7.48. The number of hydrogen-bond acceptors (Lipinski definition) is 5. The van der Waals surface area contributed by atoms with Crippen LogP contribution in [0.5, 0.6) is 0 Å². The summed E-state index contributed by atoms with van der Waals surface area (Å²) in [7, 11) is -1.05. The molecule has 0 unspecified atom stereocenters. The van der Waals surface area contributed by atoms with Gasteiger partial charge in [0.1, 0.15) is 0 Å². The number of nitrogens with zero attached hydrogens (tertiary/aromatic N) is 2. The third-order valence-corrected chi connectivity index (χ3v) is 5.85. The van der Waals surface area contributed by atoms with Crippen molar-refractivity contribution in [2.45, 2.75) is 11.4 Å². The normalized spacial score (nSPS) is 11.3. The quantitative estimate of drug-likeness (QED) is 0.557. The average molecular weight is 432 g/mol. The second kappa shape index (κ2) is 8.22. The highest BCUT2D eigenvalue weighted by Gasteiger charge is 2.21. The lowest BCUT2D eigenvalue weighted by atomic mass is 10.1. The van der Waals surface area contributed by atoms with Gasteiger partial charge in [-0.05, 0) is 36.9 Å². The number of nitrogens with one attached hydrogen (secondary N) is 1. The Morgan fingerprint density at radius 2 is 1.81 bits per heavy atom. The Balaban J connectivity index is 2.35. The van der Waals surface area contributed by atoms with Gasteiger partial charge in [-0.2, -0.15) is 0 Å². The van der Waals surface area contributed by atoms with Crippen molar-refractivity contribution in [3.8, 4) is 0 Å². The summed E-state index contributed by atoms with van der Waals surface area (Å²) in [6.07, 6.45) is 0. The van der Waals surface area contributed by atoms with Crippen LogP contribution in [0.25, 0.3) is 0 Å². The van der Waals surface area contributed by atoms with Crippen LogP contribution in [0.2, 0.25) is 10.0 Å². The number of rotatable bonds is 6. The van der Waals surface area contributed by atoms with E-state index in [1.54, 1.807) is 0 Å². The summed E-state index contributed by atoms with van der Waals surface area (Å²) in [6, 6.07) is 7.67. The number of amides is 1. The molecule has 0 aliphatic rings. The summed E-state index contributed by atoms with van der Waals surface area (Å²) in [5, 5.41) is 11.2. The number of hydrogen-bond donors (Lipinski definition) is 1. The van der Waals surface area contributed by atoms with E-state index < -0.39 is 20.9 Å². The monoisotopic (exact) mass is 431 g/mol. The van der Waals surface area contributed by atoms with E-state index in [0.29, 0.717) is 5.56 Å². The summed E-state index contributed by atoms with van der Waals surface area (Å²) in [6.45, 7) is -0.0291. The number of nitro benzene ring substituents is 1. The van der Waals surface area contributed by atoms with E-state index >= 15 is 0 Å². The van der Waals surface area contributed by atoms with Crippen molar-refractivity contribution in [1.82, 2.24) is 9.62 Å². The average Bonchev–Trinajstić information content (AvgIpc) is 2.62. The Kier molecular flexibility index (Phi) is 6.42. The Labute approximate surface area is 165 Å². The van der Waals surface area contributed by atoms with Gasteiger partial charge in [0.15, 0.2) is 0 Å². The molecule has 0 aliphatic heterocycles. The minimum Gasteiger partial charge on any atom is -0.337 e. The molecule has 0 fully saturated rings. The zero-order chi connectivity index (χ0) is 20.4. The molecule has 0 radical (unpaired) electrons. The zero-order valence-electron chi connectivity index (χ0n) is 14.3. The molecule has 0 spiro atoms. The van der Waals surface area contributed by atoms with Crippen LogP contribution in [-0.2, 0) is 16.6 Å². The van der Waals surface area contributed by atoms with Crippen molar-refractivity contribution >= 4 is 44.8 Å². The van der Waals surface area contributed by atoms with E-state index in [9.17, 15) is 23.3 Å². The van der Waals surface area contributed by atoms with Crippen molar-refractivity contribution in [1.29, 1.82) is 0 Å². The van der Waals surface area contributed by atoms with Gasteiger partial charge in [0.05, 0.1) is 20.4 Å². The van der Waals surface area contributed by atoms with Gasteiger partial charge in [0.25, 0.3) is 11.6 Å². The summed E-state index contributed by atoms with van der Waals surface area (Å²) in [4.78, 5) is 24.2. The lowest BCUT2D eigenvalue weighted by Crippen LogP contribution is -2.27. The Morgan fingerprint density at radius 1 is 1.19 bits per heavy atom. The fourth-order valence-corrected chi connectivity index (χ4v) is 3.41. The van der Waals surface area contributed by atoms with E-state index in [1.807, 2.05) is 0 Å². The number of benzene rings is 2. The van der Waals surface area contributed by atoms with Crippen LogP contribution in [0.3, 0.4) is 0 Å². The molecule has 144 valence electrons. The van der Waals surface area contributed by atoms with Gasteiger partial charge in [0, 0.05) is 30.7 Å². The summed E-state index contributed by atoms with van der Waals surface area (Å²) in [5.74, 6) is -0.560. The molecule has 0 aliphatic carbocycles. The molecule has 0 heterocycles. The number of carbonyl (C=O) groups excluding carboxylic acids is 1. The van der Waals surface area contributed by atoms with Crippen LogP contribution in [0, 0.1) is 10.1 Å². The van der Waals surface area contributed by atoms with Gasteiger partial charge in [-0.15, -0.1) is 0 Å². The van der Waals surface area contributed by atoms with Crippen molar-refractivity contribution in [3.05, 3.63) is 67.7 Å². The SMILES string of the molecule is CNS(=O)(=O)c1ccc(Cl)c(C(=O)N(C)Cc2cc([N+](=O)[O-])ccc2Cl)c1. The first kappa shape index (κ1) is 21.1. The van der Waals surface area contributed by atoms with Gasteiger partial charge >= 0.3 is 0 Å². The molecule has 1 N–H and O–H groups in total. The molecule has 8 nitrogen and oxygen atoms in total. The van der Waals surface area contributed by atoms with E-state index in [4.69, 9.17) is 23.2 Å². The standard InChI is InChI=1S/C16H15Cl2N3O5S/c1-19-27(25,26)12-4-6-15(18)13(8-12)16(22)20(2)9-10-7-11(21(23)24)3-5-14(10)17/h3-8,19H,9H2,1-2H3. The highest BCUT2D eigenvalue weighted by molar-refractivity contribution is 7.89. The molecule has 0 saturated carbocycles. The third kappa shape index (κ3) is 4.75. The number of carbonyl (C=O) groups is 1. The predicted octanol–water partition coefficient (Wildman–Crippen LogP) is 3.08. The van der Waals surface area contributed by atoms with Crippen LogP contribution in [0.4, 0.5) is 5.69 Å². The molecular weight excluding hydrogens is 417 g/mol. The lowest BCUT2D eigenvalue weighted by Gasteiger charge is -2.19. The lowest BCUT2D eigenvalue weighted by molar-refractivity contribution is -0.384. The Bertz CT molecular complexity index is 1010. The molecule has 2 aromatic rings. The molecular formula is C16H15Cl2N3O5S. The second-order valence-electron chi connectivity index (χ2n) is 5.54. The smallest absolute Gasteiger partial charge is 0.269 e. The molecule has 0 atom stereocenters. The first-order chi connectivity index (χ1) is 12.6. The minimum atomic E-state index is -3.75. The maximum Gasteiger partial charge on any atom is 0.269 e. The number of sulfonamides is 1. The maximum atomic E-state index is 12.7. The van der Waals surface area contributed by atoms with E-state index in [2.05, 4.69) is 4.72 Å². The van der Waals surface area contributed by atoms with Gasteiger partial charge in [-0.25, -0.2) is 13.1 Å². The zero-order valence-corrected chi connectivity index (χ0v) is 16.6. The summed E-state index contributed by atoms with van der Waals surface area (Å²) in [5.41, 5.74) is 0.198. The Hall–Kier alpha value is -2.20. The summed E-state index contributed by atoms with van der Waals surface area (Å²) < 4.78 is 26.0. The largest absolute Gasteiger partial charge is 0.337 e. The van der Waals surface area contributed by atoms with E-state index in [0.717, 1.165) is 0 Å². The fourth-order valence-electron chi connectivity index (χ4n) is 2.28. The van der Waals surface area contributed by atoms with E-state index in [1.165, 1.54) is 55.4 Å². The van der Waals surface area contributed by atoms with Gasteiger partial charge in [-0.3, -0.25) is 14.9 Å². The van der Waals surface area contributed by atoms with Gasteiger partial charge < -0.3 is 4.90 Å². The topological polar surface area (TPSA) is 110 Å². The van der Waals surface area contributed by atoms with Crippen molar-refractivity contribution in [3.63, 3.8) is 0 Å². The number of non-ortho nitro benzene ring substituents is 1. The Morgan fingerprint density at radius 3 is 2.41 bits per heavy atom. The molecule has 2 rings (SSSR count). The van der Waals surface area contributed by atoms with Crippen molar-refractivity contribution in [2.75, 3.05) is 14.1 Å². The molecule has 11 heteroatoms. The molecule has 0 bridgehead atoms. The van der Waals surface area contributed by atoms with Crippen LogP contribution in [0.15, 0.2) is 41.3 Å². The highest BCUT2D eigenvalue weighted by atomic mass is 35.5. The van der Waals surface area contributed by atoms with Crippen LogP contribution in [-0.4, -0.2) is 38.2 Å². The van der Waals surface area contributed by atoms with E-state index in [-0.39, 0.29) is 32.7 Å². The van der Waals surface area contributed by atoms with Crippen LogP contribution >= 0.6 is 23.2 Å². The van der Waals surface area contributed by atoms with Gasteiger partial charge in [-0.1, -0.05) is 23.2 Å². The summed E-state index contributed by atoms with van der Waals surface area (Å²) >= 11 is 12.1. The minimum absolute atomic E-state index is 0.0166. The molecule has 1 amide bonds. The van der Waals surface area contributed by atoms with Crippen LogP contribution < -0.4 is 4.72 Å².